The van der Waals surface area contributed by atoms with E-state index in [0.29, 0.717) is 17.1 Å². The van der Waals surface area contributed by atoms with Crippen LogP contribution in [-0.2, 0) is 19.4 Å². The average Bonchev–Trinajstić information content (AvgIpc) is 2.75. The molecule has 0 aliphatic carbocycles. The minimum absolute atomic E-state index is 0.250. The number of halogens is 2. The molecule has 0 bridgehead atoms. The number of aliphatic hydroxyl groups is 1. The van der Waals surface area contributed by atoms with E-state index in [1.54, 1.807) is 16.8 Å². The third-order valence-corrected chi connectivity index (χ3v) is 4.03. The van der Waals surface area contributed by atoms with Crippen molar-refractivity contribution in [1.82, 2.24) is 9.78 Å². The summed E-state index contributed by atoms with van der Waals surface area (Å²) < 4.78 is 15.7. The lowest BCUT2D eigenvalue weighted by Crippen LogP contribution is -2.10. The molecule has 3 nitrogen and oxygen atoms in total. The van der Waals surface area contributed by atoms with Crippen LogP contribution in [-0.4, -0.2) is 14.9 Å². The monoisotopic (exact) mass is 310 g/mol. The molecule has 0 saturated carbocycles. The van der Waals surface area contributed by atoms with Crippen molar-refractivity contribution in [2.75, 3.05) is 0 Å². The molecule has 0 radical (unpaired) electrons. The maximum Gasteiger partial charge on any atom is 0.129 e. The summed E-state index contributed by atoms with van der Waals surface area (Å²) in [5.41, 5.74) is 2.68. The van der Waals surface area contributed by atoms with Crippen LogP contribution in [0, 0.1) is 12.7 Å². The molecular weight excluding hydrogens is 291 g/mol. The molecule has 1 heterocycles. The summed E-state index contributed by atoms with van der Waals surface area (Å²) >= 11 is 6.32. The van der Waals surface area contributed by atoms with Gasteiger partial charge in [0.15, 0.2) is 0 Å². The maximum absolute atomic E-state index is 13.9. The predicted molar refractivity (Wildman–Crippen MR) is 82.1 cm³/mol. The number of benzene rings is 1. The van der Waals surface area contributed by atoms with E-state index < -0.39 is 11.9 Å². The number of hydrogen-bond acceptors (Lipinski definition) is 2. The SMILES string of the molecule is CCc1nn(CC)c(CC(O)c2ccc(C)cc2F)c1Cl. The van der Waals surface area contributed by atoms with Crippen molar-refractivity contribution in [3.05, 3.63) is 51.6 Å². The van der Waals surface area contributed by atoms with E-state index in [1.807, 2.05) is 20.8 Å². The fourth-order valence-corrected chi connectivity index (χ4v) is 2.75. The molecule has 1 aromatic carbocycles. The Labute approximate surface area is 129 Å². The normalized spacial score (nSPS) is 12.7. The lowest BCUT2D eigenvalue weighted by Gasteiger charge is -2.13. The third kappa shape index (κ3) is 3.27. The summed E-state index contributed by atoms with van der Waals surface area (Å²) in [5.74, 6) is -0.392. The van der Waals surface area contributed by atoms with Crippen molar-refractivity contribution in [3.8, 4) is 0 Å². The van der Waals surface area contributed by atoms with Gasteiger partial charge in [-0.05, 0) is 31.9 Å². The van der Waals surface area contributed by atoms with Gasteiger partial charge < -0.3 is 5.11 Å². The number of aromatic nitrogens is 2. The Morgan fingerprint density at radius 2 is 2.10 bits per heavy atom. The van der Waals surface area contributed by atoms with E-state index in [0.717, 1.165) is 23.4 Å². The first-order valence-corrected chi connectivity index (χ1v) is 7.53. The van der Waals surface area contributed by atoms with Crippen molar-refractivity contribution in [2.24, 2.45) is 0 Å². The highest BCUT2D eigenvalue weighted by Crippen LogP contribution is 2.28. The summed E-state index contributed by atoms with van der Waals surface area (Å²) in [7, 11) is 0. The Balaban J connectivity index is 2.31. The summed E-state index contributed by atoms with van der Waals surface area (Å²) in [6.45, 7) is 6.42. The van der Waals surface area contributed by atoms with E-state index >= 15 is 0 Å². The quantitative estimate of drug-likeness (QED) is 0.911. The molecule has 1 aromatic heterocycles. The largest absolute Gasteiger partial charge is 0.388 e. The van der Waals surface area contributed by atoms with Gasteiger partial charge in [-0.1, -0.05) is 30.7 Å². The first-order chi connectivity index (χ1) is 9.97. The Kier molecular flexibility index (Phi) is 5.01. The van der Waals surface area contributed by atoms with Crippen molar-refractivity contribution >= 4 is 11.6 Å². The number of hydrogen-bond donors (Lipinski definition) is 1. The molecule has 2 rings (SSSR count). The van der Waals surface area contributed by atoms with Gasteiger partial charge in [-0.15, -0.1) is 0 Å². The van der Waals surface area contributed by atoms with Gasteiger partial charge in [0.2, 0.25) is 0 Å². The van der Waals surface area contributed by atoms with Gasteiger partial charge in [0.05, 0.1) is 22.5 Å². The first kappa shape index (κ1) is 16.0. The second-order valence-corrected chi connectivity index (χ2v) is 5.50. The van der Waals surface area contributed by atoms with Crippen LogP contribution in [0.15, 0.2) is 18.2 Å². The molecule has 21 heavy (non-hydrogen) atoms. The van der Waals surface area contributed by atoms with E-state index in [1.165, 1.54) is 6.07 Å². The third-order valence-electron chi connectivity index (χ3n) is 3.60. The number of rotatable bonds is 5. The van der Waals surface area contributed by atoms with Gasteiger partial charge >= 0.3 is 0 Å². The number of nitrogens with zero attached hydrogens (tertiary/aromatic N) is 2. The molecule has 1 atom stereocenters. The second kappa shape index (κ2) is 6.58. The smallest absolute Gasteiger partial charge is 0.129 e. The van der Waals surface area contributed by atoms with Crippen molar-refractivity contribution < 1.29 is 9.50 Å². The fraction of sp³-hybridized carbons (Fsp3) is 0.438. The topological polar surface area (TPSA) is 38.0 Å². The van der Waals surface area contributed by atoms with Crippen LogP contribution in [0.3, 0.4) is 0 Å². The predicted octanol–water partition coefficient (Wildman–Crippen LogP) is 3.84. The Morgan fingerprint density at radius 3 is 2.67 bits per heavy atom. The molecule has 0 saturated heterocycles. The van der Waals surface area contributed by atoms with E-state index in [2.05, 4.69) is 5.10 Å². The molecule has 0 spiro atoms. The molecule has 5 heteroatoms. The molecule has 1 unspecified atom stereocenters. The Bertz CT molecular complexity index is 639. The molecule has 0 fully saturated rings. The van der Waals surface area contributed by atoms with Crippen LogP contribution < -0.4 is 0 Å². The van der Waals surface area contributed by atoms with Gasteiger partial charge in [0.1, 0.15) is 5.82 Å². The number of aliphatic hydroxyl groups excluding tert-OH is 1. The van der Waals surface area contributed by atoms with Crippen LogP contribution in [0.4, 0.5) is 4.39 Å². The van der Waals surface area contributed by atoms with Gasteiger partial charge in [0, 0.05) is 18.5 Å². The molecule has 2 aromatic rings. The van der Waals surface area contributed by atoms with Crippen LogP contribution in [0.5, 0.6) is 0 Å². The number of aryl methyl sites for hydroxylation is 3. The van der Waals surface area contributed by atoms with E-state index in [4.69, 9.17) is 11.6 Å². The lowest BCUT2D eigenvalue weighted by atomic mass is 10.0. The first-order valence-electron chi connectivity index (χ1n) is 7.16. The molecule has 0 amide bonds. The van der Waals surface area contributed by atoms with Gasteiger partial charge in [-0.25, -0.2) is 4.39 Å². The fourth-order valence-electron chi connectivity index (χ4n) is 2.41. The Hall–Kier alpha value is -1.39. The zero-order valence-electron chi connectivity index (χ0n) is 12.5. The van der Waals surface area contributed by atoms with Crippen LogP contribution in [0.2, 0.25) is 5.02 Å². The standard InChI is InChI=1S/C16H20ClFN2O/c1-4-13-16(17)14(20(5-2)19-13)9-15(21)11-7-6-10(3)8-12(11)18/h6-8,15,21H,4-5,9H2,1-3H3. The van der Waals surface area contributed by atoms with Crippen LogP contribution >= 0.6 is 11.6 Å². The minimum Gasteiger partial charge on any atom is -0.388 e. The highest BCUT2D eigenvalue weighted by molar-refractivity contribution is 6.31. The van der Waals surface area contributed by atoms with Crippen molar-refractivity contribution in [1.29, 1.82) is 0 Å². The summed E-state index contributed by atoms with van der Waals surface area (Å²) in [6.07, 6.45) is 0.0443. The summed E-state index contributed by atoms with van der Waals surface area (Å²) in [6, 6.07) is 4.84. The minimum atomic E-state index is -0.935. The highest BCUT2D eigenvalue weighted by Gasteiger charge is 2.20. The van der Waals surface area contributed by atoms with E-state index in [-0.39, 0.29) is 6.42 Å². The van der Waals surface area contributed by atoms with Gasteiger partial charge in [-0.3, -0.25) is 4.68 Å². The highest BCUT2D eigenvalue weighted by atomic mass is 35.5. The molecule has 0 aliphatic rings. The lowest BCUT2D eigenvalue weighted by molar-refractivity contribution is 0.170. The zero-order valence-corrected chi connectivity index (χ0v) is 13.3. The summed E-state index contributed by atoms with van der Waals surface area (Å²) in [4.78, 5) is 0. The maximum atomic E-state index is 13.9. The zero-order chi connectivity index (χ0) is 15.6. The molecule has 114 valence electrons. The van der Waals surface area contributed by atoms with Crippen molar-refractivity contribution in [2.45, 2.75) is 46.3 Å². The van der Waals surface area contributed by atoms with Gasteiger partial charge in [-0.2, -0.15) is 5.10 Å². The Morgan fingerprint density at radius 1 is 1.38 bits per heavy atom. The van der Waals surface area contributed by atoms with Crippen LogP contribution in [0.1, 0.15) is 42.5 Å². The van der Waals surface area contributed by atoms with Crippen molar-refractivity contribution in [3.63, 3.8) is 0 Å². The molecular formula is C16H20ClFN2O. The summed E-state index contributed by atoms with van der Waals surface area (Å²) in [5, 5.41) is 15.3. The van der Waals surface area contributed by atoms with Crippen LogP contribution in [0.25, 0.3) is 0 Å². The average molecular weight is 311 g/mol. The second-order valence-electron chi connectivity index (χ2n) is 5.12. The molecule has 1 N–H and O–H groups in total. The molecule has 0 aliphatic heterocycles. The van der Waals surface area contributed by atoms with E-state index in [9.17, 15) is 9.50 Å². The van der Waals surface area contributed by atoms with Gasteiger partial charge in [0.25, 0.3) is 0 Å².